The molecule has 3 aromatic heterocycles. The van der Waals surface area contributed by atoms with Gasteiger partial charge in [-0.2, -0.15) is 5.26 Å². The molecule has 0 saturated carbocycles. The number of furan rings is 2. The van der Waals surface area contributed by atoms with Crippen molar-refractivity contribution in [1.82, 2.24) is 4.57 Å². The molecule has 1 unspecified atom stereocenters. The van der Waals surface area contributed by atoms with Gasteiger partial charge in [-0.1, -0.05) is 60.7 Å². The molecule has 4 heterocycles. The summed E-state index contributed by atoms with van der Waals surface area (Å²) in [5.41, 5.74) is 7.84. The van der Waals surface area contributed by atoms with Crippen molar-refractivity contribution in [3.8, 4) is 28.7 Å². The zero-order valence-electron chi connectivity index (χ0n) is 21.9. The Balaban J connectivity index is 1.55. The molecule has 41 heavy (non-hydrogen) atoms. The largest absolute Gasteiger partial charge is 0.463 e. The minimum Gasteiger partial charge on any atom is -0.463 e. The van der Waals surface area contributed by atoms with Gasteiger partial charge in [-0.25, -0.2) is 4.79 Å². The molecule has 8 nitrogen and oxygen atoms in total. The Kier molecular flexibility index (Phi) is 6.75. The summed E-state index contributed by atoms with van der Waals surface area (Å²) >= 11 is 1.07. The average molecular weight is 562 g/mol. The average Bonchev–Trinajstić information content (AvgIpc) is 3.74. The second-order valence-electron chi connectivity index (χ2n) is 9.17. The van der Waals surface area contributed by atoms with E-state index < -0.39 is 17.4 Å². The fourth-order valence-corrected chi connectivity index (χ4v) is 5.97. The standard InChI is InChI=1S/C32H23N3O5S/c1-2-38-32(37)28-27(25-16-15-24(40-25)20-11-7-4-8-12-20)22(18-33)29(34)35-30(36)26(41-31(28)35)17-21-13-14-23(39-21)19-9-5-3-6-10-19/h3-17,27H,2,34H2,1H3/b26-17-. The topological polar surface area (TPSA) is 124 Å². The highest BCUT2D eigenvalue weighted by Gasteiger charge is 2.38. The molecule has 0 bridgehead atoms. The van der Waals surface area contributed by atoms with Crippen molar-refractivity contribution in [1.29, 1.82) is 5.26 Å². The van der Waals surface area contributed by atoms with Crippen LogP contribution in [0.1, 0.15) is 24.4 Å². The lowest BCUT2D eigenvalue weighted by Gasteiger charge is -2.22. The summed E-state index contributed by atoms with van der Waals surface area (Å²) in [6.45, 7) is 1.79. The first-order chi connectivity index (χ1) is 20.0. The van der Waals surface area contributed by atoms with E-state index in [2.05, 4.69) is 6.07 Å². The predicted molar refractivity (Wildman–Crippen MR) is 155 cm³/mol. The number of fused-ring (bicyclic) bond motifs is 1. The van der Waals surface area contributed by atoms with Crippen LogP contribution in [0.3, 0.4) is 0 Å². The van der Waals surface area contributed by atoms with Gasteiger partial charge in [0, 0.05) is 17.2 Å². The lowest BCUT2D eigenvalue weighted by atomic mass is 9.88. The van der Waals surface area contributed by atoms with E-state index in [0.29, 0.717) is 23.0 Å². The highest BCUT2D eigenvalue weighted by molar-refractivity contribution is 7.07. The Bertz CT molecular complexity index is 2020. The van der Waals surface area contributed by atoms with Crippen LogP contribution in [-0.4, -0.2) is 17.1 Å². The number of esters is 1. The van der Waals surface area contributed by atoms with Gasteiger partial charge in [-0.3, -0.25) is 9.36 Å². The normalized spacial score (nSPS) is 15.1. The lowest BCUT2D eigenvalue weighted by Crippen LogP contribution is -2.40. The number of carbonyl (C=O) groups excluding carboxylic acids is 1. The van der Waals surface area contributed by atoms with Gasteiger partial charge in [-0.15, -0.1) is 11.3 Å². The summed E-state index contributed by atoms with van der Waals surface area (Å²) in [6, 6.07) is 28.2. The van der Waals surface area contributed by atoms with Gasteiger partial charge < -0.3 is 19.3 Å². The predicted octanol–water partition coefficient (Wildman–Crippen LogP) is 4.42. The zero-order chi connectivity index (χ0) is 28.5. The molecule has 0 fully saturated rings. The summed E-state index contributed by atoms with van der Waals surface area (Å²) in [4.78, 5) is 27.0. The van der Waals surface area contributed by atoms with Gasteiger partial charge in [0.15, 0.2) is 0 Å². The van der Waals surface area contributed by atoms with Gasteiger partial charge in [0.05, 0.1) is 34.3 Å². The zero-order valence-corrected chi connectivity index (χ0v) is 22.7. The maximum atomic E-state index is 13.6. The highest BCUT2D eigenvalue weighted by atomic mass is 32.1. The number of benzene rings is 2. The number of hydrogen-bond acceptors (Lipinski definition) is 8. The van der Waals surface area contributed by atoms with Gasteiger partial charge in [0.1, 0.15) is 33.5 Å². The molecule has 6 rings (SSSR count). The van der Waals surface area contributed by atoms with Gasteiger partial charge >= 0.3 is 5.97 Å². The summed E-state index contributed by atoms with van der Waals surface area (Å²) in [5.74, 6) is 0.310. The number of allylic oxidation sites excluding steroid dienone is 1. The van der Waals surface area contributed by atoms with Gasteiger partial charge in [0.2, 0.25) is 0 Å². The molecule has 0 spiro atoms. The number of nitrogens with two attached hydrogens (primary N) is 1. The Labute approximate surface area is 238 Å². The molecule has 2 aromatic carbocycles. The quantitative estimate of drug-likeness (QED) is 0.304. The van der Waals surface area contributed by atoms with E-state index in [4.69, 9.17) is 19.3 Å². The fourth-order valence-electron chi connectivity index (χ4n) is 4.82. The van der Waals surface area contributed by atoms with Crippen LogP contribution < -0.4 is 20.5 Å². The number of nitriles is 1. The first-order valence-electron chi connectivity index (χ1n) is 12.9. The molecule has 0 radical (unpaired) electrons. The monoisotopic (exact) mass is 561 g/mol. The number of ether oxygens (including phenoxy) is 1. The molecular formula is C32H23N3O5S. The molecule has 9 heteroatoms. The van der Waals surface area contributed by atoms with Crippen LogP contribution in [-0.2, 0) is 9.53 Å². The Morgan fingerprint density at radius 3 is 2.27 bits per heavy atom. The van der Waals surface area contributed by atoms with Gasteiger partial charge in [-0.05, 0) is 31.2 Å². The SMILES string of the molecule is CCOC(=O)C1=c2s/c(=C\c3ccc(-c4ccccc4)o3)c(=O)n2C(N)=C(C#N)C1c1ccc(-c2ccccc2)o1. The van der Waals surface area contributed by atoms with E-state index in [1.807, 2.05) is 66.7 Å². The van der Waals surface area contributed by atoms with Crippen molar-refractivity contribution in [3.63, 3.8) is 0 Å². The molecule has 2 N–H and O–H groups in total. The first kappa shape index (κ1) is 25.9. The van der Waals surface area contributed by atoms with E-state index in [1.165, 1.54) is 4.57 Å². The summed E-state index contributed by atoms with van der Waals surface area (Å²) < 4.78 is 19.3. The number of aromatic nitrogens is 1. The molecular weight excluding hydrogens is 538 g/mol. The number of nitrogens with zero attached hydrogens (tertiary/aromatic N) is 2. The molecule has 0 saturated heterocycles. The molecule has 5 aromatic rings. The van der Waals surface area contributed by atoms with Crippen molar-refractivity contribution in [2.75, 3.05) is 6.61 Å². The lowest BCUT2D eigenvalue weighted by molar-refractivity contribution is -0.136. The van der Waals surface area contributed by atoms with E-state index in [1.54, 1.807) is 31.2 Å². The van der Waals surface area contributed by atoms with Gasteiger partial charge in [0.25, 0.3) is 5.56 Å². The Morgan fingerprint density at radius 1 is 1.00 bits per heavy atom. The molecule has 1 aliphatic rings. The number of carbonyl (C=O) groups is 1. The number of rotatable bonds is 6. The van der Waals surface area contributed by atoms with Crippen LogP contribution >= 0.6 is 11.3 Å². The molecule has 1 aliphatic heterocycles. The van der Waals surface area contributed by atoms with E-state index in [0.717, 1.165) is 22.5 Å². The third-order valence-electron chi connectivity index (χ3n) is 6.69. The summed E-state index contributed by atoms with van der Waals surface area (Å²) in [6.07, 6.45) is 1.60. The molecule has 202 valence electrons. The van der Waals surface area contributed by atoms with E-state index in [9.17, 15) is 14.9 Å². The van der Waals surface area contributed by atoms with Crippen molar-refractivity contribution in [2.24, 2.45) is 5.73 Å². The minimum atomic E-state index is -0.962. The second kappa shape index (κ2) is 10.7. The van der Waals surface area contributed by atoms with Crippen molar-refractivity contribution in [3.05, 3.63) is 122 Å². The third-order valence-corrected chi connectivity index (χ3v) is 7.80. The van der Waals surface area contributed by atoms with Crippen LogP contribution in [0.15, 0.2) is 104 Å². The van der Waals surface area contributed by atoms with Crippen LogP contribution in [0.4, 0.5) is 0 Å². The second-order valence-corrected chi connectivity index (χ2v) is 10.2. The highest BCUT2D eigenvalue weighted by Crippen LogP contribution is 2.39. The molecule has 1 atom stereocenters. The van der Waals surface area contributed by atoms with E-state index >= 15 is 0 Å². The fraction of sp³-hybridized carbons (Fsp3) is 0.0938. The maximum Gasteiger partial charge on any atom is 0.338 e. The van der Waals surface area contributed by atoms with Crippen molar-refractivity contribution >= 4 is 34.8 Å². The van der Waals surface area contributed by atoms with E-state index in [-0.39, 0.29) is 32.8 Å². The van der Waals surface area contributed by atoms with Crippen LogP contribution in [0.2, 0.25) is 0 Å². The molecule has 0 aliphatic carbocycles. The molecule has 0 amide bonds. The first-order valence-corrected chi connectivity index (χ1v) is 13.7. The Hall–Kier alpha value is -5.33. The Morgan fingerprint density at radius 2 is 1.63 bits per heavy atom. The van der Waals surface area contributed by atoms with Crippen LogP contribution in [0.5, 0.6) is 0 Å². The summed E-state index contributed by atoms with van der Waals surface area (Å²) in [5, 5.41) is 10.2. The number of thiazole rings is 1. The van der Waals surface area contributed by atoms with Crippen LogP contribution in [0.25, 0.3) is 40.1 Å². The van der Waals surface area contributed by atoms with Crippen molar-refractivity contribution < 1.29 is 18.4 Å². The maximum absolute atomic E-state index is 13.6. The minimum absolute atomic E-state index is 0.0188. The summed E-state index contributed by atoms with van der Waals surface area (Å²) in [7, 11) is 0. The van der Waals surface area contributed by atoms with Crippen LogP contribution in [0, 0.1) is 11.3 Å². The third kappa shape index (κ3) is 4.60. The van der Waals surface area contributed by atoms with Crippen molar-refractivity contribution in [2.45, 2.75) is 12.8 Å². The number of hydrogen-bond donors (Lipinski definition) is 1. The smallest absolute Gasteiger partial charge is 0.338 e.